The van der Waals surface area contributed by atoms with E-state index in [0.717, 1.165) is 24.2 Å². The summed E-state index contributed by atoms with van der Waals surface area (Å²) >= 11 is 0. The number of carbonyl (C=O) groups is 3. The zero-order chi connectivity index (χ0) is 11.4. The monoisotopic (exact) mass is 223 g/mol. The first-order valence-electron chi connectivity index (χ1n) is 5.66. The molecule has 86 valence electrons. The molecule has 0 spiro atoms. The number of carboxylic acids is 1. The van der Waals surface area contributed by atoms with Crippen LogP contribution in [0.3, 0.4) is 0 Å². The van der Waals surface area contributed by atoms with Gasteiger partial charge in [-0.05, 0) is 31.1 Å². The molecule has 1 aliphatic heterocycles. The summed E-state index contributed by atoms with van der Waals surface area (Å²) in [4.78, 5) is 35.5. The number of nitrogens with zero attached hydrogens (tertiary/aromatic N) is 1. The van der Waals surface area contributed by atoms with E-state index in [9.17, 15) is 14.4 Å². The number of rotatable bonds is 2. The molecule has 0 aromatic rings. The number of hydrogen-bond acceptors (Lipinski definition) is 3. The molecule has 5 heteroatoms. The second-order valence-electron chi connectivity index (χ2n) is 5.04. The Bertz CT molecular complexity index is 363. The number of imide groups is 1. The normalized spacial score (nSPS) is 40.6. The number of amides is 2. The van der Waals surface area contributed by atoms with Crippen LogP contribution in [0.2, 0.25) is 0 Å². The molecule has 2 aliphatic carbocycles. The number of carboxylic acid groups (broad SMARTS) is 1. The number of fused-ring (bicyclic) bond motifs is 5. The van der Waals surface area contributed by atoms with Crippen molar-refractivity contribution in [3.63, 3.8) is 0 Å². The largest absolute Gasteiger partial charge is 0.480 e. The predicted molar refractivity (Wildman–Crippen MR) is 52.2 cm³/mol. The Morgan fingerprint density at radius 3 is 2.12 bits per heavy atom. The van der Waals surface area contributed by atoms with Crippen molar-refractivity contribution in [1.82, 2.24) is 4.90 Å². The van der Waals surface area contributed by atoms with Crippen LogP contribution < -0.4 is 0 Å². The van der Waals surface area contributed by atoms with E-state index in [4.69, 9.17) is 5.11 Å². The molecule has 1 saturated heterocycles. The minimum Gasteiger partial charge on any atom is -0.480 e. The summed E-state index contributed by atoms with van der Waals surface area (Å²) < 4.78 is 0. The van der Waals surface area contributed by atoms with E-state index in [1.54, 1.807) is 0 Å². The highest BCUT2D eigenvalue weighted by molar-refractivity contribution is 6.07. The van der Waals surface area contributed by atoms with Gasteiger partial charge in [0.1, 0.15) is 6.54 Å². The van der Waals surface area contributed by atoms with Crippen molar-refractivity contribution in [2.45, 2.75) is 19.3 Å². The maximum atomic E-state index is 12.0. The van der Waals surface area contributed by atoms with Crippen LogP contribution in [0.1, 0.15) is 19.3 Å². The van der Waals surface area contributed by atoms with E-state index in [-0.39, 0.29) is 23.7 Å². The zero-order valence-electron chi connectivity index (χ0n) is 8.76. The average molecular weight is 223 g/mol. The molecular formula is C11H13NO4. The fraction of sp³-hybridized carbons (Fsp3) is 0.727. The topological polar surface area (TPSA) is 74.7 Å². The molecule has 2 bridgehead atoms. The van der Waals surface area contributed by atoms with Gasteiger partial charge in [0.15, 0.2) is 0 Å². The molecule has 2 saturated carbocycles. The van der Waals surface area contributed by atoms with Gasteiger partial charge in [-0.15, -0.1) is 0 Å². The second-order valence-corrected chi connectivity index (χ2v) is 5.04. The highest BCUT2D eigenvalue weighted by atomic mass is 16.4. The summed E-state index contributed by atoms with van der Waals surface area (Å²) in [5.41, 5.74) is 0. The van der Waals surface area contributed by atoms with Crippen molar-refractivity contribution in [2.24, 2.45) is 23.7 Å². The lowest BCUT2D eigenvalue weighted by molar-refractivity contribution is -0.149. The minimum atomic E-state index is -1.12. The SMILES string of the molecule is O=C(O)CN1C(=O)[C@@H]2[C@@H]3CC[C@@H](C3)[C@H]2C1=O. The number of aliphatic carboxylic acids is 1. The smallest absolute Gasteiger partial charge is 0.323 e. The average Bonchev–Trinajstić information content (AvgIpc) is 2.87. The summed E-state index contributed by atoms with van der Waals surface area (Å²) in [6.45, 7) is -0.468. The first-order valence-corrected chi connectivity index (χ1v) is 5.66. The van der Waals surface area contributed by atoms with Crippen LogP contribution in [0.5, 0.6) is 0 Å². The van der Waals surface area contributed by atoms with Crippen LogP contribution >= 0.6 is 0 Å². The van der Waals surface area contributed by atoms with Gasteiger partial charge in [0, 0.05) is 0 Å². The van der Waals surface area contributed by atoms with Gasteiger partial charge in [0.25, 0.3) is 0 Å². The summed E-state index contributed by atoms with van der Waals surface area (Å²) in [7, 11) is 0. The van der Waals surface area contributed by atoms with E-state index in [1.165, 1.54) is 0 Å². The van der Waals surface area contributed by atoms with Crippen LogP contribution in [0.25, 0.3) is 0 Å². The van der Waals surface area contributed by atoms with Gasteiger partial charge >= 0.3 is 5.97 Å². The Kier molecular flexibility index (Phi) is 1.87. The van der Waals surface area contributed by atoms with Crippen molar-refractivity contribution in [3.05, 3.63) is 0 Å². The third-order valence-corrected chi connectivity index (χ3v) is 4.31. The number of carbonyl (C=O) groups excluding carboxylic acids is 2. The van der Waals surface area contributed by atoms with Crippen LogP contribution in [-0.4, -0.2) is 34.3 Å². The van der Waals surface area contributed by atoms with Crippen molar-refractivity contribution < 1.29 is 19.5 Å². The standard InChI is InChI=1S/C11H13NO4/c13-7(14)4-12-10(15)8-5-1-2-6(3-5)9(8)11(12)16/h5-6,8-9H,1-4H2,(H,13,14)/t5-,6+,8-,9-/m1/s1. The van der Waals surface area contributed by atoms with E-state index in [0.29, 0.717) is 11.8 Å². The molecule has 0 aromatic heterocycles. The van der Waals surface area contributed by atoms with E-state index in [1.807, 2.05) is 0 Å². The van der Waals surface area contributed by atoms with Gasteiger partial charge in [-0.2, -0.15) is 0 Å². The summed E-state index contributed by atoms with van der Waals surface area (Å²) in [5, 5.41) is 8.67. The number of hydrogen-bond donors (Lipinski definition) is 1. The Balaban J connectivity index is 1.89. The lowest BCUT2D eigenvalue weighted by Crippen LogP contribution is -2.37. The second kappa shape index (κ2) is 3.06. The molecule has 0 aromatic carbocycles. The molecule has 5 nitrogen and oxygen atoms in total. The fourth-order valence-electron chi connectivity index (χ4n) is 3.76. The molecular weight excluding hydrogens is 210 g/mol. The van der Waals surface area contributed by atoms with Gasteiger partial charge in [-0.25, -0.2) is 0 Å². The van der Waals surface area contributed by atoms with Crippen molar-refractivity contribution in [1.29, 1.82) is 0 Å². The third-order valence-electron chi connectivity index (χ3n) is 4.31. The Labute approximate surface area is 92.4 Å². The van der Waals surface area contributed by atoms with Gasteiger partial charge in [-0.3, -0.25) is 19.3 Å². The lowest BCUT2D eigenvalue weighted by Gasteiger charge is -2.19. The Hall–Kier alpha value is -1.39. The number of likely N-dealkylation sites (tertiary alicyclic amines) is 1. The van der Waals surface area contributed by atoms with Crippen molar-refractivity contribution in [3.8, 4) is 0 Å². The van der Waals surface area contributed by atoms with Crippen LogP contribution in [-0.2, 0) is 14.4 Å². The molecule has 2 amide bonds. The van der Waals surface area contributed by atoms with Gasteiger partial charge < -0.3 is 5.11 Å². The van der Waals surface area contributed by atoms with Crippen LogP contribution in [0.15, 0.2) is 0 Å². The van der Waals surface area contributed by atoms with Crippen molar-refractivity contribution in [2.75, 3.05) is 6.54 Å². The minimum absolute atomic E-state index is 0.203. The molecule has 4 atom stereocenters. The van der Waals surface area contributed by atoms with Crippen molar-refractivity contribution >= 4 is 17.8 Å². The summed E-state index contributed by atoms with van der Waals surface area (Å²) in [6, 6.07) is 0. The predicted octanol–water partition coefficient (Wildman–Crippen LogP) is 0.102. The summed E-state index contributed by atoms with van der Waals surface area (Å²) in [6.07, 6.45) is 3.02. The van der Waals surface area contributed by atoms with Crippen LogP contribution in [0, 0.1) is 23.7 Å². The molecule has 3 aliphatic rings. The van der Waals surface area contributed by atoms with Gasteiger partial charge in [0.2, 0.25) is 11.8 Å². The summed E-state index contributed by atoms with van der Waals surface area (Å²) in [5.74, 6) is -1.37. The lowest BCUT2D eigenvalue weighted by atomic mass is 9.81. The van der Waals surface area contributed by atoms with E-state index < -0.39 is 12.5 Å². The van der Waals surface area contributed by atoms with Crippen LogP contribution in [0.4, 0.5) is 0 Å². The highest BCUT2D eigenvalue weighted by Gasteiger charge is 2.60. The highest BCUT2D eigenvalue weighted by Crippen LogP contribution is 2.55. The molecule has 1 heterocycles. The molecule has 1 N–H and O–H groups in total. The maximum Gasteiger partial charge on any atom is 0.323 e. The Morgan fingerprint density at radius 1 is 1.19 bits per heavy atom. The van der Waals surface area contributed by atoms with E-state index >= 15 is 0 Å². The van der Waals surface area contributed by atoms with Gasteiger partial charge in [0.05, 0.1) is 11.8 Å². The zero-order valence-corrected chi connectivity index (χ0v) is 8.76. The molecule has 3 fully saturated rings. The Morgan fingerprint density at radius 2 is 1.69 bits per heavy atom. The fourth-order valence-corrected chi connectivity index (χ4v) is 3.76. The quantitative estimate of drug-likeness (QED) is 0.674. The first-order chi connectivity index (χ1) is 7.59. The molecule has 3 rings (SSSR count). The molecule has 16 heavy (non-hydrogen) atoms. The molecule has 0 radical (unpaired) electrons. The first kappa shape index (κ1) is 9.81. The third kappa shape index (κ3) is 1.08. The van der Waals surface area contributed by atoms with E-state index in [2.05, 4.69) is 0 Å². The van der Waals surface area contributed by atoms with Gasteiger partial charge in [-0.1, -0.05) is 0 Å². The molecule has 0 unspecified atom stereocenters. The maximum absolute atomic E-state index is 12.0.